The molecule has 1 aliphatic carbocycles. The van der Waals surface area contributed by atoms with Crippen LogP contribution in [0, 0.1) is 22.8 Å². The van der Waals surface area contributed by atoms with E-state index < -0.39 is 34.9 Å². The molecule has 0 atom stereocenters. The minimum atomic E-state index is -5.95. The number of nitriles is 2. The lowest BCUT2D eigenvalue weighted by molar-refractivity contribution is -0.290. The minimum Gasteiger partial charge on any atom is -0.334 e. The summed E-state index contributed by atoms with van der Waals surface area (Å²) in [6.45, 7) is 0. The van der Waals surface area contributed by atoms with Crippen molar-refractivity contribution < 1.29 is 26.7 Å². The molecule has 36 heavy (non-hydrogen) atoms. The molecule has 0 radical (unpaired) electrons. The Kier molecular flexibility index (Phi) is 5.88. The average molecular weight is 525 g/mol. The van der Waals surface area contributed by atoms with Gasteiger partial charge in [-0.05, 0) is 30.5 Å². The number of benzene rings is 1. The van der Waals surface area contributed by atoms with Crippen LogP contribution in [0.4, 0.5) is 27.6 Å². The van der Waals surface area contributed by atoms with Gasteiger partial charge in [-0.2, -0.15) is 42.7 Å². The maximum absolute atomic E-state index is 14.1. The third-order valence-electron chi connectivity index (χ3n) is 5.51. The summed E-state index contributed by atoms with van der Waals surface area (Å²) >= 11 is 6.15. The fourth-order valence-electron chi connectivity index (χ4n) is 3.44. The van der Waals surface area contributed by atoms with Crippen molar-refractivity contribution in [3.63, 3.8) is 0 Å². The number of rotatable bonds is 6. The Hall–Kier alpha value is -4.17. The third kappa shape index (κ3) is 4.20. The molecule has 1 saturated carbocycles. The van der Waals surface area contributed by atoms with E-state index in [0.29, 0.717) is 24.0 Å². The van der Waals surface area contributed by atoms with E-state index in [-0.39, 0.29) is 16.4 Å². The summed E-state index contributed by atoms with van der Waals surface area (Å²) in [7, 11) is 1.11. The van der Waals surface area contributed by atoms with Crippen LogP contribution in [0.15, 0.2) is 30.6 Å². The number of hydrogen-bond donors (Lipinski definition) is 2. The number of aromatic nitrogens is 4. The van der Waals surface area contributed by atoms with Gasteiger partial charge in [0.2, 0.25) is 0 Å². The van der Waals surface area contributed by atoms with Gasteiger partial charge in [-0.3, -0.25) is 10.1 Å². The number of nitrogens with zero attached hydrogens (tertiary/aromatic N) is 6. The minimum absolute atomic E-state index is 0.0721. The maximum Gasteiger partial charge on any atom is 0.459 e. The van der Waals surface area contributed by atoms with Crippen LogP contribution in [0.2, 0.25) is 5.02 Å². The van der Waals surface area contributed by atoms with Crippen LogP contribution in [0.3, 0.4) is 0 Å². The molecule has 0 saturated heterocycles. The standard InChI is InChI=1S/C21H14ClF5N8O/c1-34-18(15(30-10-29)16(33-34)20(23,24)21(25,26)27)35-8-12(7-31-35)11-2-3-14(22)13(6-11)17(36)32-19(9-28)4-5-19/h2-3,6-8,30H,4-5H2,1H3,(H,32,36). The van der Waals surface area contributed by atoms with E-state index >= 15 is 0 Å². The first-order valence-corrected chi connectivity index (χ1v) is 10.5. The van der Waals surface area contributed by atoms with Crippen LogP contribution in [0.5, 0.6) is 0 Å². The number of aryl methyl sites for hydroxylation is 1. The zero-order valence-corrected chi connectivity index (χ0v) is 18.9. The normalized spacial score (nSPS) is 14.6. The van der Waals surface area contributed by atoms with Gasteiger partial charge in [0, 0.05) is 18.8 Å². The molecule has 9 nitrogen and oxygen atoms in total. The van der Waals surface area contributed by atoms with Gasteiger partial charge in [0.15, 0.2) is 17.7 Å². The Morgan fingerprint density at radius 1 is 1.19 bits per heavy atom. The van der Waals surface area contributed by atoms with E-state index in [1.54, 1.807) is 6.07 Å². The Bertz CT molecular complexity index is 1440. The smallest absolute Gasteiger partial charge is 0.334 e. The molecule has 3 aromatic rings. The lowest BCUT2D eigenvalue weighted by Gasteiger charge is -2.18. The van der Waals surface area contributed by atoms with Gasteiger partial charge >= 0.3 is 12.1 Å². The fourth-order valence-corrected chi connectivity index (χ4v) is 3.65. The van der Waals surface area contributed by atoms with Crippen molar-refractivity contribution in [2.24, 2.45) is 7.05 Å². The Morgan fingerprint density at radius 3 is 2.47 bits per heavy atom. The lowest BCUT2D eigenvalue weighted by Crippen LogP contribution is -2.35. The summed E-state index contributed by atoms with van der Waals surface area (Å²) in [4.78, 5) is 12.6. The number of hydrogen-bond acceptors (Lipinski definition) is 6. The number of alkyl halides is 5. The number of carbonyl (C=O) groups excluding carboxylic acids is 1. The maximum atomic E-state index is 14.1. The van der Waals surface area contributed by atoms with Crippen LogP contribution >= 0.6 is 11.6 Å². The van der Waals surface area contributed by atoms with E-state index in [2.05, 4.69) is 15.5 Å². The molecule has 1 fully saturated rings. The average Bonchev–Trinajstić information content (AvgIpc) is 3.26. The predicted octanol–water partition coefficient (Wildman–Crippen LogP) is 4.26. The highest BCUT2D eigenvalue weighted by Crippen LogP contribution is 2.47. The first-order chi connectivity index (χ1) is 16.8. The number of nitrogens with one attached hydrogen (secondary N) is 2. The van der Waals surface area contributed by atoms with Gasteiger partial charge in [-0.1, -0.05) is 17.7 Å². The molecule has 2 aromatic heterocycles. The molecule has 1 amide bonds. The lowest BCUT2D eigenvalue weighted by atomic mass is 10.1. The van der Waals surface area contributed by atoms with E-state index in [4.69, 9.17) is 16.9 Å². The van der Waals surface area contributed by atoms with Gasteiger partial charge in [-0.15, -0.1) is 0 Å². The summed E-state index contributed by atoms with van der Waals surface area (Å²) in [5.74, 6) is -6.28. The molecule has 0 spiro atoms. The SMILES string of the molecule is Cn1nc(C(F)(F)C(F)(F)F)c(NC#N)c1-n1cc(-c2ccc(Cl)c(C(=O)NC3(C#N)CC3)c2)cn1. The monoisotopic (exact) mass is 524 g/mol. The van der Waals surface area contributed by atoms with Gasteiger partial charge in [0.25, 0.3) is 5.91 Å². The van der Waals surface area contributed by atoms with Gasteiger partial charge in [0.1, 0.15) is 11.2 Å². The summed E-state index contributed by atoms with van der Waals surface area (Å²) in [5.41, 5.74) is -2.67. The zero-order chi connectivity index (χ0) is 26.5. The van der Waals surface area contributed by atoms with Crippen LogP contribution < -0.4 is 10.6 Å². The largest absolute Gasteiger partial charge is 0.459 e. The van der Waals surface area contributed by atoms with Crippen LogP contribution in [-0.2, 0) is 13.0 Å². The van der Waals surface area contributed by atoms with Gasteiger partial charge < -0.3 is 5.32 Å². The molecule has 0 bridgehead atoms. The van der Waals surface area contributed by atoms with Crippen molar-refractivity contribution in [2.45, 2.75) is 30.5 Å². The van der Waals surface area contributed by atoms with E-state index in [1.807, 2.05) is 11.4 Å². The number of carbonyl (C=O) groups is 1. The summed E-state index contributed by atoms with van der Waals surface area (Å²) < 4.78 is 68.8. The van der Waals surface area contributed by atoms with Crippen molar-refractivity contribution >= 4 is 23.2 Å². The van der Waals surface area contributed by atoms with E-state index in [0.717, 1.165) is 16.4 Å². The molecule has 0 aliphatic heterocycles. The first-order valence-electron chi connectivity index (χ1n) is 10.1. The molecule has 2 N–H and O–H groups in total. The van der Waals surface area contributed by atoms with Crippen molar-refractivity contribution in [3.8, 4) is 29.2 Å². The Labute approximate surface area is 204 Å². The molecule has 15 heteroatoms. The second-order valence-corrected chi connectivity index (χ2v) is 8.40. The van der Waals surface area contributed by atoms with Crippen LogP contribution in [0.25, 0.3) is 16.9 Å². The zero-order valence-electron chi connectivity index (χ0n) is 18.2. The molecular formula is C21H14ClF5N8O. The fraction of sp³-hybridized carbons (Fsp3) is 0.286. The second kappa shape index (κ2) is 8.49. The van der Waals surface area contributed by atoms with Gasteiger partial charge in [-0.25, -0.2) is 9.36 Å². The second-order valence-electron chi connectivity index (χ2n) is 8.00. The number of anilines is 1. The van der Waals surface area contributed by atoms with Crippen LogP contribution in [-0.4, -0.2) is 37.2 Å². The van der Waals surface area contributed by atoms with Crippen molar-refractivity contribution in [3.05, 3.63) is 46.9 Å². The van der Waals surface area contributed by atoms with E-state index in [9.17, 15) is 32.0 Å². The van der Waals surface area contributed by atoms with Crippen LogP contribution in [0.1, 0.15) is 28.9 Å². The quantitative estimate of drug-likeness (QED) is 0.282. The van der Waals surface area contributed by atoms with Crippen molar-refractivity contribution in [1.29, 1.82) is 10.5 Å². The third-order valence-corrected chi connectivity index (χ3v) is 5.84. The molecule has 4 rings (SSSR count). The van der Waals surface area contributed by atoms with Gasteiger partial charge in [0.05, 0.1) is 22.9 Å². The first kappa shape index (κ1) is 24.9. The molecule has 1 aliphatic rings. The summed E-state index contributed by atoms with van der Waals surface area (Å²) in [6.07, 6.45) is -1.03. The Balaban J connectivity index is 1.73. The molecule has 2 heterocycles. The predicted molar refractivity (Wildman–Crippen MR) is 115 cm³/mol. The van der Waals surface area contributed by atoms with Crippen molar-refractivity contribution in [1.82, 2.24) is 24.9 Å². The highest BCUT2D eigenvalue weighted by atomic mass is 35.5. The molecule has 1 aromatic carbocycles. The summed E-state index contributed by atoms with van der Waals surface area (Å²) in [6, 6.07) is 6.43. The highest BCUT2D eigenvalue weighted by Gasteiger charge is 2.62. The topological polar surface area (TPSA) is 124 Å². The molecular weight excluding hydrogens is 511 g/mol. The molecule has 0 unspecified atom stereocenters. The highest BCUT2D eigenvalue weighted by molar-refractivity contribution is 6.34. The Morgan fingerprint density at radius 2 is 1.89 bits per heavy atom. The number of halogens is 6. The van der Waals surface area contributed by atoms with E-state index in [1.165, 1.54) is 30.7 Å². The number of amides is 1. The van der Waals surface area contributed by atoms with Crippen molar-refractivity contribution in [2.75, 3.05) is 5.32 Å². The molecule has 186 valence electrons. The summed E-state index contributed by atoms with van der Waals surface area (Å²) in [5, 5.41) is 30.0.